The van der Waals surface area contributed by atoms with Crippen molar-refractivity contribution in [2.24, 2.45) is 5.92 Å². The van der Waals surface area contributed by atoms with Gasteiger partial charge >= 0.3 is 6.18 Å². The lowest BCUT2D eigenvalue weighted by molar-refractivity contribution is -0.140. The molecular weight excluding hydrogens is 567 g/mol. The maximum atomic E-state index is 14.0. The third-order valence-corrected chi connectivity index (χ3v) is 7.16. The molecule has 1 saturated carbocycles. The van der Waals surface area contributed by atoms with Crippen LogP contribution >= 0.6 is 34.8 Å². The Balaban J connectivity index is 1.51. The summed E-state index contributed by atoms with van der Waals surface area (Å²) in [5, 5.41) is 2.51. The number of Topliss-reactive ketones (excluding diaryl/α,β-unsaturated/α-hetero) is 1. The number of anilines is 1. The Kier molecular flexibility index (Phi) is 7.27. The molecule has 3 aromatic rings. The Morgan fingerprint density at radius 2 is 1.62 bits per heavy atom. The molecule has 3 aromatic carbocycles. The van der Waals surface area contributed by atoms with E-state index in [4.69, 9.17) is 34.8 Å². The molecule has 2 unspecified atom stereocenters. The zero-order valence-corrected chi connectivity index (χ0v) is 20.5. The molecule has 3 nitrogen and oxygen atoms in total. The van der Waals surface area contributed by atoms with E-state index in [9.17, 15) is 35.9 Å². The molecule has 0 heterocycles. The van der Waals surface area contributed by atoms with Gasteiger partial charge in [-0.3, -0.25) is 9.59 Å². The number of ketones is 1. The summed E-state index contributed by atoms with van der Waals surface area (Å²) in [6, 6.07) is 8.87. The first-order valence-electron chi connectivity index (χ1n) is 10.5. The topological polar surface area (TPSA) is 46.2 Å². The van der Waals surface area contributed by atoms with Crippen molar-refractivity contribution in [3.05, 3.63) is 99.3 Å². The maximum absolute atomic E-state index is 14.0. The Labute approximate surface area is 221 Å². The average molecular weight is 581 g/mol. The van der Waals surface area contributed by atoms with Crippen LogP contribution in [0.5, 0.6) is 0 Å². The number of alkyl halides is 5. The third-order valence-electron chi connectivity index (χ3n) is 5.89. The number of rotatable bonds is 6. The van der Waals surface area contributed by atoms with Gasteiger partial charge in [0.25, 0.3) is 0 Å². The van der Waals surface area contributed by atoms with Crippen molar-refractivity contribution in [1.29, 1.82) is 0 Å². The van der Waals surface area contributed by atoms with Gasteiger partial charge in [0.05, 0.1) is 16.5 Å². The highest BCUT2D eigenvalue weighted by molar-refractivity contribution is 6.53. The molecule has 1 aliphatic rings. The van der Waals surface area contributed by atoms with Crippen LogP contribution in [-0.2, 0) is 17.4 Å². The van der Waals surface area contributed by atoms with Gasteiger partial charge in [-0.15, -0.1) is 23.2 Å². The number of carbonyl (C=O) groups is 2. The predicted octanol–water partition coefficient (Wildman–Crippen LogP) is 7.73. The van der Waals surface area contributed by atoms with E-state index in [2.05, 4.69) is 5.32 Å². The van der Waals surface area contributed by atoms with Crippen molar-refractivity contribution in [2.75, 3.05) is 5.32 Å². The lowest BCUT2D eigenvalue weighted by Crippen LogP contribution is -2.17. The second-order valence-corrected chi connectivity index (χ2v) is 10.2. The zero-order chi connectivity index (χ0) is 27.3. The van der Waals surface area contributed by atoms with Crippen molar-refractivity contribution in [3.8, 4) is 0 Å². The molecule has 37 heavy (non-hydrogen) atoms. The third kappa shape index (κ3) is 5.58. The first-order valence-corrected chi connectivity index (χ1v) is 11.7. The van der Waals surface area contributed by atoms with Crippen LogP contribution in [0, 0.1) is 23.4 Å². The van der Waals surface area contributed by atoms with Crippen molar-refractivity contribution in [2.45, 2.75) is 22.8 Å². The molecule has 0 aliphatic heterocycles. The number of carbonyl (C=O) groups excluding carboxylic acids is 2. The molecule has 0 bridgehead atoms. The maximum Gasteiger partial charge on any atom is 0.419 e. The van der Waals surface area contributed by atoms with Crippen LogP contribution < -0.4 is 5.32 Å². The molecule has 194 valence electrons. The van der Waals surface area contributed by atoms with Crippen molar-refractivity contribution in [1.82, 2.24) is 0 Å². The average Bonchev–Trinajstić information content (AvgIpc) is 3.38. The fraction of sp³-hybridized carbons (Fsp3) is 0.200. The SMILES string of the molecule is O=C(Cc1ccc(F)cc1F)c1cc(NC(=O)C2C(c3ccc(C(F)(F)F)c(F)c3)C2(Cl)Cl)ccc1Cl. The highest BCUT2D eigenvalue weighted by Gasteiger charge is 2.67. The predicted molar refractivity (Wildman–Crippen MR) is 127 cm³/mol. The monoisotopic (exact) mass is 579 g/mol. The van der Waals surface area contributed by atoms with Gasteiger partial charge in [-0.25, -0.2) is 13.2 Å². The summed E-state index contributed by atoms with van der Waals surface area (Å²) in [7, 11) is 0. The van der Waals surface area contributed by atoms with Gasteiger partial charge < -0.3 is 5.32 Å². The molecule has 0 saturated heterocycles. The quantitative estimate of drug-likeness (QED) is 0.184. The highest BCUT2D eigenvalue weighted by Crippen LogP contribution is 2.65. The summed E-state index contributed by atoms with van der Waals surface area (Å²) in [4.78, 5) is 25.6. The second kappa shape index (κ2) is 9.85. The van der Waals surface area contributed by atoms with E-state index in [1.807, 2.05) is 0 Å². The molecule has 0 aromatic heterocycles. The number of amides is 1. The van der Waals surface area contributed by atoms with Crippen LogP contribution in [0.3, 0.4) is 0 Å². The minimum atomic E-state index is -4.89. The van der Waals surface area contributed by atoms with Gasteiger partial charge in [0.15, 0.2) is 5.78 Å². The van der Waals surface area contributed by atoms with Gasteiger partial charge in [-0.1, -0.05) is 23.7 Å². The zero-order valence-electron chi connectivity index (χ0n) is 18.3. The van der Waals surface area contributed by atoms with Crippen molar-refractivity contribution < 1.29 is 35.9 Å². The van der Waals surface area contributed by atoms with Gasteiger partial charge in [-0.05, 0) is 47.5 Å². The number of benzene rings is 3. The van der Waals surface area contributed by atoms with Gasteiger partial charge in [0, 0.05) is 29.7 Å². The Hall–Kier alpha value is -2.75. The molecular formula is C25H14Cl3F6NO2. The Bertz CT molecular complexity index is 1410. The number of hydrogen-bond acceptors (Lipinski definition) is 2. The second-order valence-electron chi connectivity index (χ2n) is 8.39. The summed E-state index contributed by atoms with van der Waals surface area (Å²) in [5.41, 5.74) is -1.47. The normalized spacial score (nSPS) is 18.4. The summed E-state index contributed by atoms with van der Waals surface area (Å²) < 4.78 is 77.9. The summed E-state index contributed by atoms with van der Waals surface area (Å²) in [6.45, 7) is 0. The molecule has 1 fully saturated rings. The fourth-order valence-electron chi connectivity index (χ4n) is 3.99. The molecule has 0 radical (unpaired) electrons. The van der Waals surface area contributed by atoms with Crippen LogP contribution in [-0.4, -0.2) is 16.0 Å². The number of hydrogen-bond donors (Lipinski definition) is 1. The van der Waals surface area contributed by atoms with Gasteiger partial charge in [0.2, 0.25) is 5.91 Å². The van der Waals surface area contributed by atoms with E-state index >= 15 is 0 Å². The van der Waals surface area contributed by atoms with Crippen molar-refractivity contribution in [3.63, 3.8) is 0 Å². The van der Waals surface area contributed by atoms with E-state index in [0.29, 0.717) is 18.2 Å². The largest absolute Gasteiger partial charge is 0.419 e. The minimum absolute atomic E-state index is 0.00365. The van der Waals surface area contributed by atoms with Crippen LogP contribution in [0.2, 0.25) is 5.02 Å². The minimum Gasteiger partial charge on any atom is -0.326 e. The lowest BCUT2D eigenvalue weighted by atomic mass is 10.0. The Morgan fingerprint density at radius 3 is 2.24 bits per heavy atom. The fourth-order valence-corrected chi connectivity index (χ4v) is 5.04. The number of nitrogens with one attached hydrogen (secondary N) is 1. The Morgan fingerprint density at radius 1 is 0.919 bits per heavy atom. The first-order chi connectivity index (χ1) is 17.2. The van der Waals surface area contributed by atoms with Crippen molar-refractivity contribution >= 4 is 52.2 Å². The van der Waals surface area contributed by atoms with Crippen LogP contribution in [0.4, 0.5) is 32.0 Å². The first kappa shape index (κ1) is 27.3. The molecule has 1 aliphatic carbocycles. The van der Waals surface area contributed by atoms with Crippen LogP contribution in [0.15, 0.2) is 54.6 Å². The molecule has 2 atom stereocenters. The molecule has 12 heteroatoms. The van der Waals surface area contributed by atoms with Crippen LogP contribution in [0.25, 0.3) is 0 Å². The smallest absolute Gasteiger partial charge is 0.326 e. The van der Waals surface area contributed by atoms with E-state index < -0.39 is 63.5 Å². The summed E-state index contributed by atoms with van der Waals surface area (Å²) in [5.74, 6) is -6.73. The lowest BCUT2D eigenvalue weighted by Gasteiger charge is -2.10. The summed E-state index contributed by atoms with van der Waals surface area (Å²) >= 11 is 18.5. The van der Waals surface area contributed by atoms with E-state index in [0.717, 1.165) is 18.2 Å². The van der Waals surface area contributed by atoms with Gasteiger partial charge in [-0.2, -0.15) is 13.2 Å². The molecule has 1 N–H and O–H groups in total. The number of halogens is 9. The summed E-state index contributed by atoms with van der Waals surface area (Å²) in [6.07, 6.45) is -5.33. The van der Waals surface area contributed by atoms with Gasteiger partial charge in [0.1, 0.15) is 21.8 Å². The van der Waals surface area contributed by atoms with E-state index in [1.165, 1.54) is 18.2 Å². The molecule has 4 rings (SSSR count). The molecule has 0 spiro atoms. The van der Waals surface area contributed by atoms with Crippen LogP contribution in [0.1, 0.15) is 33.0 Å². The van der Waals surface area contributed by atoms with E-state index in [1.54, 1.807) is 0 Å². The standard InChI is InChI=1S/C25H14Cl3F6NO2/c26-17-6-4-14(10-15(17)20(36)8-11-1-3-13(29)9-18(11)30)35-23(37)22-21(24(22,27)28)12-2-5-16(19(31)7-12)25(32,33)34/h1-7,9-10,21-22H,8H2,(H,35,37). The molecule has 1 amide bonds. The highest BCUT2D eigenvalue weighted by atomic mass is 35.5. The van der Waals surface area contributed by atoms with E-state index in [-0.39, 0.29) is 27.4 Å².